The van der Waals surface area contributed by atoms with Gasteiger partial charge >= 0.3 is 0 Å². The Bertz CT molecular complexity index is 490. The van der Waals surface area contributed by atoms with Gasteiger partial charge in [0.2, 0.25) is 11.8 Å². The Morgan fingerprint density at radius 1 is 1.39 bits per heavy atom. The minimum Gasteiger partial charge on any atom is -0.490 e. The molecule has 0 aromatic rings. The van der Waals surface area contributed by atoms with E-state index in [2.05, 4.69) is 10.6 Å². The van der Waals surface area contributed by atoms with Gasteiger partial charge in [-0.25, -0.2) is 0 Å². The summed E-state index contributed by atoms with van der Waals surface area (Å²) in [5.41, 5.74) is 0. The van der Waals surface area contributed by atoms with Crippen LogP contribution in [0.4, 0.5) is 0 Å². The maximum absolute atomic E-state index is 11.6. The molecule has 0 spiro atoms. The van der Waals surface area contributed by atoms with Gasteiger partial charge in [-0.05, 0) is 25.8 Å². The van der Waals surface area contributed by atoms with Gasteiger partial charge in [0.15, 0.2) is 0 Å². The summed E-state index contributed by atoms with van der Waals surface area (Å²) in [7, 11) is 0. The third-order valence-electron chi connectivity index (χ3n) is 3.98. The number of aliphatic hydroxyl groups excluding tert-OH is 3. The molecule has 1 heterocycles. The van der Waals surface area contributed by atoms with Crippen molar-refractivity contribution in [1.82, 2.24) is 10.6 Å². The summed E-state index contributed by atoms with van der Waals surface area (Å²) in [6.45, 7) is 2.77. The lowest BCUT2D eigenvalue weighted by atomic mass is 9.93. The minimum atomic E-state index is -1.38. The van der Waals surface area contributed by atoms with E-state index in [-0.39, 0.29) is 24.3 Å². The molecule has 0 saturated heterocycles. The van der Waals surface area contributed by atoms with Crippen molar-refractivity contribution in [3.05, 3.63) is 11.8 Å². The second-order valence-corrected chi connectivity index (χ2v) is 6.15. The van der Waals surface area contributed by atoms with E-state index in [0.29, 0.717) is 5.76 Å². The Morgan fingerprint density at radius 2 is 2.04 bits per heavy atom. The zero-order valence-corrected chi connectivity index (χ0v) is 13.2. The summed E-state index contributed by atoms with van der Waals surface area (Å²) in [6.07, 6.45) is -1.62. The molecule has 8 heteroatoms. The van der Waals surface area contributed by atoms with E-state index < -0.39 is 30.5 Å². The normalized spacial score (nSPS) is 29.8. The highest BCUT2D eigenvalue weighted by Crippen LogP contribution is 2.28. The zero-order valence-electron chi connectivity index (χ0n) is 13.2. The number of amides is 2. The second kappa shape index (κ2) is 7.29. The first kappa shape index (κ1) is 17.7. The lowest BCUT2D eigenvalue weighted by molar-refractivity contribution is -0.130. The first-order valence-corrected chi connectivity index (χ1v) is 7.73. The van der Waals surface area contributed by atoms with Crippen molar-refractivity contribution in [2.45, 2.75) is 57.1 Å². The fourth-order valence-electron chi connectivity index (χ4n) is 2.58. The SMILES string of the molecule is CC(=O)N[C@@H]1C(O)C=C(C)OC1[C@H](O)[C@H](O)CNC(=O)C1CC1. The molecule has 5 N–H and O–H groups in total. The number of allylic oxidation sites excluding steroid dienone is 1. The molecule has 0 aromatic heterocycles. The number of hydrogen-bond donors (Lipinski definition) is 5. The highest BCUT2D eigenvalue weighted by atomic mass is 16.5. The van der Waals surface area contributed by atoms with Gasteiger partial charge in [-0.1, -0.05) is 0 Å². The van der Waals surface area contributed by atoms with Gasteiger partial charge < -0.3 is 30.7 Å². The maximum Gasteiger partial charge on any atom is 0.223 e. The van der Waals surface area contributed by atoms with Gasteiger partial charge in [0, 0.05) is 19.4 Å². The van der Waals surface area contributed by atoms with Crippen molar-refractivity contribution in [3.8, 4) is 0 Å². The lowest BCUT2D eigenvalue weighted by Gasteiger charge is -2.38. The average molecular weight is 328 g/mol. The molecule has 0 radical (unpaired) electrons. The maximum atomic E-state index is 11.6. The van der Waals surface area contributed by atoms with Crippen LogP contribution < -0.4 is 10.6 Å². The first-order valence-electron chi connectivity index (χ1n) is 7.73. The zero-order chi connectivity index (χ0) is 17.1. The quantitative estimate of drug-likeness (QED) is 0.400. The number of aliphatic hydroxyl groups is 3. The molecule has 8 nitrogen and oxygen atoms in total. The number of hydrogen-bond acceptors (Lipinski definition) is 6. The molecule has 1 saturated carbocycles. The van der Waals surface area contributed by atoms with Crippen molar-refractivity contribution < 1.29 is 29.6 Å². The molecule has 2 rings (SSSR count). The van der Waals surface area contributed by atoms with Crippen LogP contribution in [0.3, 0.4) is 0 Å². The summed E-state index contributed by atoms with van der Waals surface area (Å²) in [5.74, 6) is -0.142. The molecule has 5 atom stereocenters. The summed E-state index contributed by atoms with van der Waals surface area (Å²) < 4.78 is 5.48. The van der Waals surface area contributed by atoms with Crippen LogP contribution in [-0.2, 0) is 14.3 Å². The largest absolute Gasteiger partial charge is 0.490 e. The summed E-state index contributed by atoms with van der Waals surface area (Å²) in [4.78, 5) is 22.9. The number of nitrogens with one attached hydrogen (secondary N) is 2. The molecular weight excluding hydrogens is 304 g/mol. The van der Waals surface area contributed by atoms with Crippen LogP contribution in [-0.4, -0.2) is 64.1 Å². The highest BCUT2D eigenvalue weighted by molar-refractivity contribution is 5.80. The van der Waals surface area contributed by atoms with Crippen LogP contribution >= 0.6 is 0 Å². The molecule has 23 heavy (non-hydrogen) atoms. The highest BCUT2D eigenvalue weighted by Gasteiger charge is 2.41. The average Bonchev–Trinajstić information content (AvgIpc) is 3.30. The third-order valence-corrected chi connectivity index (χ3v) is 3.98. The molecule has 130 valence electrons. The molecular formula is C15H24N2O6. The molecule has 2 amide bonds. The standard InChI is InChI=1S/C15H24N2O6/c1-7-5-10(19)12(17-8(2)18)14(23-7)13(21)11(20)6-16-15(22)9-3-4-9/h5,9-14,19-21H,3-4,6H2,1-2H3,(H,16,22)(H,17,18)/t10?,11-,12-,13-,14?/m1/s1. The van der Waals surface area contributed by atoms with E-state index in [0.717, 1.165) is 12.8 Å². The van der Waals surface area contributed by atoms with Crippen LogP contribution in [0.5, 0.6) is 0 Å². The van der Waals surface area contributed by atoms with Crippen LogP contribution in [0.15, 0.2) is 11.8 Å². The molecule has 1 fully saturated rings. The van der Waals surface area contributed by atoms with Crippen LogP contribution in [0, 0.1) is 5.92 Å². The summed E-state index contributed by atoms with van der Waals surface area (Å²) in [6, 6.07) is -0.889. The molecule has 2 unspecified atom stereocenters. The molecule has 2 aliphatic rings. The van der Waals surface area contributed by atoms with Gasteiger partial charge in [0.05, 0.1) is 17.9 Å². The van der Waals surface area contributed by atoms with Gasteiger partial charge in [-0.15, -0.1) is 0 Å². The predicted octanol–water partition coefficient (Wildman–Crippen LogP) is -1.60. The number of ether oxygens (including phenoxy) is 1. The fraction of sp³-hybridized carbons (Fsp3) is 0.733. The molecule has 1 aliphatic carbocycles. The third kappa shape index (κ3) is 4.66. The summed E-state index contributed by atoms with van der Waals surface area (Å²) >= 11 is 0. The summed E-state index contributed by atoms with van der Waals surface area (Å²) in [5, 5.41) is 35.5. The van der Waals surface area contributed by atoms with Gasteiger partial charge in [0.1, 0.15) is 18.3 Å². The lowest BCUT2D eigenvalue weighted by Crippen LogP contribution is -2.60. The van der Waals surface area contributed by atoms with Crippen LogP contribution in [0.1, 0.15) is 26.7 Å². The van der Waals surface area contributed by atoms with Crippen molar-refractivity contribution in [3.63, 3.8) is 0 Å². The van der Waals surface area contributed by atoms with Crippen molar-refractivity contribution in [2.24, 2.45) is 5.92 Å². The predicted molar refractivity (Wildman–Crippen MR) is 80.0 cm³/mol. The smallest absolute Gasteiger partial charge is 0.223 e. The first-order chi connectivity index (χ1) is 10.8. The Balaban J connectivity index is 1.98. The van der Waals surface area contributed by atoms with Gasteiger partial charge in [-0.2, -0.15) is 0 Å². The van der Waals surface area contributed by atoms with E-state index in [1.807, 2.05) is 0 Å². The molecule has 0 aromatic carbocycles. The van der Waals surface area contributed by atoms with Crippen molar-refractivity contribution in [2.75, 3.05) is 6.54 Å². The Labute approximate surface area is 134 Å². The monoisotopic (exact) mass is 328 g/mol. The number of carbonyl (C=O) groups excluding carboxylic acids is 2. The Morgan fingerprint density at radius 3 is 2.61 bits per heavy atom. The molecule has 1 aliphatic heterocycles. The van der Waals surface area contributed by atoms with Gasteiger partial charge in [0.25, 0.3) is 0 Å². The second-order valence-electron chi connectivity index (χ2n) is 6.15. The van der Waals surface area contributed by atoms with Crippen molar-refractivity contribution in [1.29, 1.82) is 0 Å². The minimum absolute atomic E-state index is 0.00408. The number of rotatable bonds is 6. The fourth-order valence-corrected chi connectivity index (χ4v) is 2.58. The van der Waals surface area contributed by atoms with E-state index in [1.165, 1.54) is 13.0 Å². The van der Waals surface area contributed by atoms with Crippen molar-refractivity contribution >= 4 is 11.8 Å². The van der Waals surface area contributed by atoms with Crippen LogP contribution in [0.2, 0.25) is 0 Å². The van der Waals surface area contributed by atoms with Gasteiger partial charge in [-0.3, -0.25) is 9.59 Å². The number of carbonyl (C=O) groups is 2. The van der Waals surface area contributed by atoms with E-state index >= 15 is 0 Å². The van der Waals surface area contributed by atoms with E-state index in [1.54, 1.807) is 6.92 Å². The Kier molecular flexibility index (Phi) is 5.61. The topological polar surface area (TPSA) is 128 Å². The van der Waals surface area contributed by atoms with E-state index in [4.69, 9.17) is 4.74 Å². The van der Waals surface area contributed by atoms with E-state index in [9.17, 15) is 24.9 Å². The molecule has 0 bridgehead atoms. The Hall–Kier alpha value is -1.64. The van der Waals surface area contributed by atoms with Crippen LogP contribution in [0.25, 0.3) is 0 Å².